The van der Waals surface area contributed by atoms with Gasteiger partial charge in [-0.15, -0.1) is 0 Å². The van der Waals surface area contributed by atoms with E-state index in [1.165, 1.54) is 17.8 Å². The van der Waals surface area contributed by atoms with E-state index in [9.17, 15) is 9.59 Å². The number of hydrogen-bond acceptors (Lipinski definition) is 4. The maximum atomic E-state index is 12.5. The maximum absolute atomic E-state index is 12.5. The Morgan fingerprint density at radius 2 is 1.97 bits per heavy atom. The van der Waals surface area contributed by atoms with Gasteiger partial charge in [-0.25, -0.2) is 4.98 Å². The van der Waals surface area contributed by atoms with E-state index in [1.807, 2.05) is 48.5 Å². The number of nitrogens with zero attached hydrogens (tertiary/aromatic N) is 1. The Hall–Kier alpha value is -2.57. The minimum Gasteiger partial charge on any atom is -0.325 e. The van der Waals surface area contributed by atoms with Gasteiger partial charge >= 0.3 is 0 Å². The summed E-state index contributed by atoms with van der Waals surface area (Å²) in [6.45, 7) is 4.15. The summed E-state index contributed by atoms with van der Waals surface area (Å²) in [6.07, 6.45) is 0.0288. The largest absolute Gasteiger partial charge is 0.325 e. The average Bonchev–Trinajstić information content (AvgIpc) is 2.66. The number of aromatic nitrogens is 2. The predicted octanol–water partition coefficient (Wildman–Crippen LogP) is 5.02. The van der Waals surface area contributed by atoms with Crippen molar-refractivity contribution in [2.24, 2.45) is 0 Å². The Bertz CT molecular complexity index is 1070. The molecule has 0 aliphatic carbocycles. The summed E-state index contributed by atoms with van der Waals surface area (Å²) in [4.78, 5) is 31.6. The molecule has 0 aliphatic heterocycles. The molecule has 2 N–H and O–H groups in total. The standard InChI is InChI=1S/C22H22ClN3O2S/c1-14(2)18-8-3-4-9-19(18)25-20(27)11-17-12-21(28)26-22(24-17)29-13-15-6-5-7-16(23)10-15/h3-10,12,14H,11,13H2,1-2H3,(H,25,27)(H,24,26,28). The molecule has 0 fully saturated rings. The van der Waals surface area contributed by atoms with E-state index in [0.29, 0.717) is 27.5 Å². The van der Waals surface area contributed by atoms with Crippen LogP contribution >= 0.6 is 23.4 Å². The smallest absolute Gasteiger partial charge is 0.251 e. The molecule has 0 unspecified atom stereocenters. The van der Waals surface area contributed by atoms with Crippen molar-refractivity contribution in [3.63, 3.8) is 0 Å². The van der Waals surface area contributed by atoms with E-state index >= 15 is 0 Å². The Morgan fingerprint density at radius 3 is 2.72 bits per heavy atom. The van der Waals surface area contributed by atoms with Crippen LogP contribution in [0.3, 0.4) is 0 Å². The van der Waals surface area contributed by atoms with Crippen molar-refractivity contribution in [1.82, 2.24) is 9.97 Å². The summed E-state index contributed by atoms with van der Waals surface area (Å²) in [7, 11) is 0. The van der Waals surface area contributed by atoms with Crippen molar-refractivity contribution in [1.29, 1.82) is 0 Å². The SMILES string of the molecule is CC(C)c1ccccc1NC(=O)Cc1cc(=O)[nH]c(SCc2cccc(Cl)c2)n1. The second-order valence-corrected chi connectivity index (χ2v) is 8.33. The molecule has 1 heterocycles. The number of nitrogens with one attached hydrogen (secondary N) is 2. The van der Waals surface area contributed by atoms with Crippen molar-refractivity contribution >= 4 is 35.0 Å². The third kappa shape index (κ3) is 6.21. The molecule has 0 saturated heterocycles. The normalized spacial score (nSPS) is 10.9. The highest BCUT2D eigenvalue weighted by atomic mass is 35.5. The summed E-state index contributed by atoms with van der Waals surface area (Å²) in [5.41, 5.74) is 3.03. The number of rotatable bonds is 7. The third-order valence-corrected chi connectivity index (χ3v) is 5.42. The van der Waals surface area contributed by atoms with Crippen LogP contribution in [0.2, 0.25) is 5.02 Å². The van der Waals surface area contributed by atoms with Gasteiger partial charge in [0, 0.05) is 22.5 Å². The van der Waals surface area contributed by atoms with Gasteiger partial charge in [-0.1, -0.05) is 67.5 Å². The first-order valence-corrected chi connectivity index (χ1v) is 10.6. The number of hydrogen-bond donors (Lipinski definition) is 2. The maximum Gasteiger partial charge on any atom is 0.251 e. The second-order valence-electron chi connectivity index (χ2n) is 6.93. The van der Waals surface area contributed by atoms with Crippen molar-refractivity contribution in [2.45, 2.75) is 37.1 Å². The minimum absolute atomic E-state index is 0.0288. The van der Waals surface area contributed by atoms with Crippen LogP contribution < -0.4 is 10.9 Å². The molecule has 1 aromatic heterocycles. The van der Waals surface area contributed by atoms with Gasteiger partial charge in [-0.2, -0.15) is 0 Å². The number of H-pyrrole nitrogens is 1. The van der Waals surface area contributed by atoms with E-state index in [4.69, 9.17) is 11.6 Å². The van der Waals surface area contributed by atoms with Crippen LogP contribution in [-0.4, -0.2) is 15.9 Å². The van der Waals surface area contributed by atoms with Gasteiger partial charge in [-0.05, 0) is 35.2 Å². The quantitative estimate of drug-likeness (QED) is 0.410. The van der Waals surface area contributed by atoms with E-state index in [-0.39, 0.29) is 17.9 Å². The molecule has 0 spiro atoms. The Kier molecular flexibility index (Phi) is 7.12. The molecule has 0 bridgehead atoms. The molecule has 29 heavy (non-hydrogen) atoms. The van der Waals surface area contributed by atoms with Crippen LogP contribution in [0, 0.1) is 0 Å². The zero-order valence-corrected chi connectivity index (χ0v) is 17.8. The minimum atomic E-state index is -0.279. The monoisotopic (exact) mass is 427 g/mol. The van der Waals surface area contributed by atoms with Crippen LogP contribution in [0.15, 0.2) is 64.5 Å². The lowest BCUT2D eigenvalue weighted by Gasteiger charge is -2.13. The van der Waals surface area contributed by atoms with E-state index in [0.717, 1.165) is 16.8 Å². The van der Waals surface area contributed by atoms with Crippen LogP contribution in [0.5, 0.6) is 0 Å². The zero-order chi connectivity index (χ0) is 20.8. The van der Waals surface area contributed by atoms with Gasteiger partial charge in [0.25, 0.3) is 5.56 Å². The van der Waals surface area contributed by atoms with E-state index in [1.54, 1.807) is 0 Å². The lowest BCUT2D eigenvalue weighted by molar-refractivity contribution is -0.115. The summed E-state index contributed by atoms with van der Waals surface area (Å²) in [5.74, 6) is 0.696. The van der Waals surface area contributed by atoms with Gasteiger partial charge in [-0.3, -0.25) is 9.59 Å². The first-order chi connectivity index (χ1) is 13.9. The molecule has 0 aliphatic rings. The molecule has 0 atom stereocenters. The molecule has 3 aromatic rings. The Balaban J connectivity index is 1.68. The van der Waals surface area contributed by atoms with Crippen molar-refractivity contribution in [3.8, 4) is 0 Å². The third-order valence-electron chi connectivity index (χ3n) is 4.24. The summed E-state index contributed by atoms with van der Waals surface area (Å²) >= 11 is 7.40. The number of aromatic amines is 1. The fourth-order valence-electron chi connectivity index (χ4n) is 2.89. The van der Waals surface area contributed by atoms with E-state index < -0.39 is 0 Å². The predicted molar refractivity (Wildman–Crippen MR) is 119 cm³/mol. The van der Waals surface area contributed by atoms with Crippen molar-refractivity contribution in [2.75, 3.05) is 5.32 Å². The lowest BCUT2D eigenvalue weighted by atomic mass is 10.0. The van der Waals surface area contributed by atoms with Crippen LogP contribution in [0.1, 0.15) is 36.6 Å². The van der Waals surface area contributed by atoms with Gasteiger partial charge in [0.2, 0.25) is 5.91 Å². The van der Waals surface area contributed by atoms with Gasteiger partial charge in [0.05, 0.1) is 12.1 Å². The molecule has 5 nitrogen and oxygen atoms in total. The Labute approximate surface area is 178 Å². The molecule has 7 heteroatoms. The fraction of sp³-hybridized carbons (Fsp3) is 0.227. The number of amides is 1. The number of thioether (sulfide) groups is 1. The average molecular weight is 428 g/mol. The molecule has 1 amide bonds. The molecule has 0 saturated carbocycles. The molecular formula is C22H22ClN3O2S. The van der Waals surface area contributed by atoms with E-state index in [2.05, 4.69) is 29.1 Å². The fourth-order valence-corrected chi connectivity index (χ4v) is 3.94. The number of benzene rings is 2. The molecule has 150 valence electrons. The van der Waals surface area contributed by atoms with Gasteiger partial charge in [0.15, 0.2) is 5.16 Å². The second kappa shape index (κ2) is 9.76. The highest BCUT2D eigenvalue weighted by Crippen LogP contribution is 2.24. The molecule has 2 aromatic carbocycles. The van der Waals surface area contributed by atoms with Crippen LogP contribution in [-0.2, 0) is 17.0 Å². The number of halogens is 1. The van der Waals surface area contributed by atoms with Crippen LogP contribution in [0.25, 0.3) is 0 Å². The summed E-state index contributed by atoms with van der Waals surface area (Å²) in [5, 5.41) is 4.07. The number of carbonyl (C=O) groups is 1. The highest BCUT2D eigenvalue weighted by molar-refractivity contribution is 7.98. The first kappa shape index (κ1) is 21.1. The van der Waals surface area contributed by atoms with Crippen LogP contribution in [0.4, 0.5) is 5.69 Å². The first-order valence-electron chi connectivity index (χ1n) is 9.27. The highest BCUT2D eigenvalue weighted by Gasteiger charge is 2.12. The topological polar surface area (TPSA) is 74.8 Å². The number of anilines is 1. The molecule has 0 radical (unpaired) electrons. The number of carbonyl (C=O) groups excluding carboxylic acids is 1. The molecule has 3 rings (SSSR count). The van der Waals surface area contributed by atoms with Gasteiger partial charge in [0.1, 0.15) is 0 Å². The van der Waals surface area contributed by atoms with Crippen molar-refractivity contribution in [3.05, 3.63) is 86.8 Å². The Morgan fingerprint density at radius 1 is 1.17 bits per heavy atom. The van der Waals surface area contributed by atoms with Crippen molar-refractivity contribution < 1.29 is 4.79 Å². The molecular weight excluding hydrogens is 406 g/mol. The zero-order valence-electron chi connectivity index (χ0n) is 16.2. The number of para-hydroxylation sites is 1. The lowest BCUT2D eigenvalue weighted by Crippen LogP contribution is -2.19. The van der Waals surface area contributed by atoms with Gasteiger partial charge < -0.3 is 10.3 Å². The summed E-state index contributed by atoms with van der Waals surface area (Å²) < 4.78 is 0. The summed E-state index contributed by atoms with van der Waals surface area (Å²) in [6, 6.07) is 16.6.